The molecule has 0 radical (unpaired) electrons. The molecule has 42 valence electrons. The summed E-state index contributed by atoms with van der Waals surface area (Å²) in [7, 11) is 0. The van der Waals surface area contributed by atoms with Crippen molar-refractivity contribution in [3.63, 3.8) is 0 Å². The van der Waals surface area contributed by atoms with Gasteiger partial charge in [-0.3, -0.25) is 9.78 Å². The average molecular weight is 111 g/mol. The fourth-order valence-corrected chi connectivity index (χ4v) is 0.392. The highest BCUT2D eigenvalue weighted by atomic mass is 16.1. The highest BCUT2D eigenvalue weighted by molar-refractivity contribution is 5.20. The van der Waals surface area contributed by atoms with Gasteiger partial charge in [0.05, 0.1) is 12.4 Å². The van der Waals surface area contributed by atoms with Gasteiger partial charge in [-0.15, -0.1) is 0 Å². The minimum atomic E-state index is -0.273. The molecular weight excluding hydrogens is 106 g/mol. The monoisotopic (exact) mass is 111 g/mol. The van der Waals surface area contributed by atoms with Crippen LogP contribution in [0, 0.1) is 0 Å². The molecule has 0 bridgehead atoms. The Balaban J connectivity index is 3.28. The van der Waals surface area contributed by atoms with Gasteiger partial charge in [-0.25, -0.2) is 0 Å². The maximum atomic E-state index is 10.3. The highest BCUT2D eigenvalue weighted by Gasteiger charge is 1.80. The Labute approximate surface area is 45.4 Å². The van der Waals surface area contributed by atoms with Gasteiger partial charge in [0.25, 0.3) is 5.56 Å². The third-order valence-electron chi connectivity index (χ3n) is 0.673. The molecule has 0 atom stereocenters. The van der Waals surface area contributed by atoms with E-state index >= 15 is 0 Å². The van der Waals surface area contributed by atoms with Gasteiger partial charge in [0.15, 0.2) is 0 Å². The molecular formula is C4H5N3O. The number of hydrogen-bond acceptors (Lipinski definition) is 3. The van der Waals surface area contributed by atoms with E-state index in [1.807, 2.05) is 0 Å². The molecule has 0 amide bonds. The summed E-state index contributed by atoms with van der Waals surface area (Å²) in [4.78, 5) is 16.1. The van der Waals surface area contributed by atoms with Crippen molar-refractivity contribution in [1.29, 1.82) is 0 Å². The van der Waals surface area contributed by atoms with Gasteiger partial charge in [0.1, 0.15) is 5.82 Å². The molecule has 0 unspecified atom stereocenters. The molecule has 1 heterocycles. The number of aromatic nitrogens is 2. The SMILES string of the molecule is Nc1cncc(=O)[nH]1. The Hall–Kier alpha value is -1.32. The molecule has 0 saturated carbocycles. The van der Waals surface area contributed by atoms with E-state index in [1.165, 1.54) is 6.20 Å². The maximum absolute atomic E-state index is 10.3. The van der Waals surface area contributed by atoms with E-state index in [0.717, 1.165) is 6.20 Å². The minimum absolute atomic E-state index is 0.273. The first-order valence-electron chi connectivity index (χ1n) is 2.09. The summed E-state index contributed by atoms with van der Waals surface area (Å²) in [6.07, 6.45) is 2.54. The van der Waals surface area contributed by atoms with Gasteiger partial charge in [-0.2, -0.15) is 0 Å². The molecule has 0 spiro atoms. The molecule has 8 heavy (non-hydrogen) atoms. The predicted molar refractivity (Wildman–Crippen MR) is 29.3 cm³/mol. The van der Waals surface area contributed by atoms with Crippen LogP contribution < -0.4 is 11.3 Å². The normalized spacial score (nSPS) is 9.00. The van der Waals surface area contributed by atoms with Crippen molar-refractivity contribution in [2.24, 2.45) is 0 Å². The van der Waals surface area contributed by atoms with Crippen LogP contribution in [-0.4, -0.2) is 9.97 Å². The van der Waals surface area contributed by atoms with Crippen molar-refractivity contribution in [2.45, 2.75) is 0 Å². The zero-order chi connectivity index (χ0) is 5.98. The van der Waals surface area contributed by atoms with Crippen LogP contribution in [0.3, 0.4) is 0 Å². The molecule has 1 rings (SSSR count). The Morgan fingerprint density at radius 1 is 1.62 bits per heavy atom. The lowest BCUT2D eigenvalue weighted by molar-refractivity contribution is 1.15. The second kappa shape index (κ2) is 1.65. The number of rotatable bonds is 0. The van der Waals surface area contributed by atoms with Crippen LogP contribution in [0.15, 0.2) is 17.2 Å². The smallest absolute Gasteiger partial charge is 0.267 e. The average Bonchev–Trinajstić information content (AvgIpc) is 1.64. The first-order valence-corrected chi connectivity index (χ1v) is 2.09. The Morgan fingerprint density at radius 3 is 2.75 bits per heavy atom. The van der Waals surface area contributed by atoms with Gasteiger partial charge in [0, 0.05) is 0 Å². The maximum Gasteiger partial charge on any atom is 0.267 e. The van der Waals surface area contributed by atoms with E-state index in [0.29, 0.717) is 0 Å². The van der Waals surface area contributed by atoms with Crippen molar-refractivity contribution < 1.29 is 0 Å². The quantitative estimate of drug-likeness (QED) is 0.467. The first kappa shape index (κ1) is 4.83. The van der Waals surface area contributed by atoms with Gasteiger partial charge >= 0.3 is 0 Å². The summed E-state index contributed by atoms with van der Waals surface area (Å²) in [5.41, 5.74) is 4.87. The van der Waals surface area contributed by atoms with Crippen LogP contribution in [0.5, 0.6) is 0 Å². The van der Waals surface area contributed by atoms with Crippen molar-refractivity contribution in [1.82, 2.24) is 9.97 Å². The minimum Gasteiger partial charge on any atom is -0.384 e. The molecule has 0 aromatic carbocycles. The Kier molecular flexibility index (Phi) is 0.997. The van der Waals surface area contributed by atoms with Crippen LogP contribution in [0.2, 0.25) is 0 Å². The van der Waals surface area contributed by atoms with Gasteiger partial charge in [-0.05, 0) is 0 Å². The number of nitrogens with one attached hydrogen (secondary N) is 1. The van der Waals surface area contributed by atoms with E-state index in [9.17, 15) is 4.79 Å². The third-order valence-corrected chi connectivity index (χ3v) is 0.673. The molecule has 0 saturated heterocycles. The second-order valence-electron chi connectivity index (χ2n) is 1.35. The van der Waals surface area contributed by atoms with E-state index in [4.69, 9.17) is 5.73 Å². The standard InChI is InChI=1S/C4H5N3O/c5-3-1-6-2-4(8)7-3/h1-2H,(H3,5,7,8). The molecule has 0 aliphatic carbocycles. The number of hydrogen-bond donors (Lipinski definition) is 2. The van der Waals surface area contributed by atoms with Crippen LogP contribution >= 0.6 is 0 Å². The second-order valence-corrected chi connectivity index (χ2v) is 1.35. The molecule has 4 nitrogen and oxygen atoms in total. The Bertz CT molecular complexity index is 229. The molecule has 4 heteroatoms. The summed E-state index contributed by atoms with van der Waals surface area (Å²) in [6, 6.07) is 0. The van der Waals surface area contributed by atoms with Crippen LogP contribution in [-0.2, 0) is 0 Å². The van der Waals surface area contributed by atoms with Crippen molar-refractivity contribution in [3.8, 4) is 0 Å². The highest BCUT2D eigenvalue weighted by Crippen LogP contribution is 1.80. The molecule has 1 aromatic heterocycles. The molecule has 0 fully saturated rings. The number of nitrogens with two attached hydrogens (primary N) is 1. The lowest BCUT2D eigenvalue weighted by atomic mass is 10.7. The Morgan fingerprint density at radius 2 is 2.38 bits per heavy atom. The largest absolute Gasteiger partial charge is 0.384 e. The fourth-order valence-electron chi connectivity index (χ4n) is 0.392. The summed E-state index contributed by atoms with van der Waals surface area (Å²) in [5.74, 6) is 0.289. The zero-order valence-corrected chi connectivity index (χ0v) is 4.09. The predicted octanol–water partition coefficient (Wildman–Crippen LogP) is -0.648. The van der Waals surface area contributed by atoms with E-state index in [1.54, 1.807) is 0 Å². The van der Waals surface area contributed by atoms with Crippen molar-refractivity contribution in [2.75, 3.05) is 5.73 Å². The van der Waals surface area contributed by atoms with E-state index in [2.05, 4.69) is 9.97 Å². The molecule has 0 aliphatic heterocycles. The summed E-state index contributed by atoms with van der Waals surface area (Å²) >= 11 is 0. The first-order chi connectivity index (χ1) is 3.79. The number of H-pyrrole nitrogens is 1. The van der Waals surface area contributed by atoms with Crippen molar-refractivity contribution in [3.05, 3.63) is 22.7 Å². The lowest BCUT2D eigenvalue weighted by Gasteiger charge is -1.84. The number of anilines is 1. The summed E-state index contributed by atoms with van der Waals surface area (Å²) < 4.78 is 0. The zero-order valence-electron chi connectivity index (χ0n) is 4.09. The third kappa shape index (κ3) is 0.841. The van der Waals surface area contributed by atoms with Gasteiger partial charge in [0.2, 0.25) is 0 Å². The van der Waals surface area contributed by atoms with Gasteiger partial charge < -0.3 is 10.7 Å². The summed E-state index contributed by atoms with van der Waals surface area (Å²) in [6.45, 7) is 0. The van der Waals surface area contributed by atoms with Crippen LogP contribution in [0.25, 0.3) is 0 Å². The number of nitrogen functional groups attached to an aromatic ring is 1. The van der Waals surface area contributed by atoms with Crippen LogP contribution in [0.1, 0.15) is 0 Å². The van der Waals surface area contributed by atoms with E-state index < -0.39 is 0 Å². The van der Waals surface area contributed by atoms with Crippen molar-refractivity contribution >= 4 is 5.82 Å². The van der Waals surface area contributed by atoms with E-state index in [-0.39, 0.29) is 11.4 Å². The number of aromatic amines is 1. The molecule has 1 aromatic rings. The molecule has 3 N–H and O–H groups in total. The topological polar surface area (TPSA) is 71.8 Å². The lowest BCUT2D eigenvalue weighted by Crippen LogP contribution is -2.07. The van der Waals surface area contributed by atoms with Crippen LogP contribution in [0.4, 0.5) is 5.82 Å². The van der Waals surface area contributed by atoms with Gasteiger partial charge in [-0.1, -0.05) is 0 Å². The number of nitrogens with zero attached hydrogens (tertiary/aromatic N) is 1. The summed E-state index contributed by atoms with van der Waals surface area (Å²) in [5, 5.41) is 0. The molecule has 0 aliphatic rings. The fraction of sp³-hybridized carbons (Fsp3) is 0.